The SMILES string of the molecule is CCOC1CCN(CB(F)F)CC1. The summed E-state index contributed by atoms with van der Waals surface area (Å²) >= 11 is 0. The Morgan fingerprint density at radius 2 is 2.00 bits per heavy atom. The second kappa shape index (κ2) is 5.55. The van der Waals surface area contributed by atoms with E-state index >= 15 is 0 Å². The third kappa shape index (κ3) is 4.05. The van der Waals surface area contributed by atoms with Gasteiger partial charge in [-0.3, -0.25) is 8.63 Å². The van der Waals surface area contributed by atoms with Crippen LogP contribution in [0.5, 0.6) is 0 Å². The molecule has 0 aromatic heterocycles. The molecule has 5 heteroatoms. The summed E-state index contributed by atoms with van der Waals surface area (Å²) < 4.78 is 29.4. The molecule has 0 bridgehead atoms. The zero-order valence-corrected chi connectivity index (χ0v) is 8.01. The number of halogens is 2. The standard InChI is InChI=1S/C8H16BF2NO/c1-2-13-8-3-5-12(6-4-8)7-9(10)11/h8H,2-7H2,1H3. The monoisotopic (exact) mass is 191 g/mol. The number of piperidine rings is 1. The summed E-state index contributed by atoms with van der Waals surface area (Å²) in [5.74, 6) is 0. The van der Waals surface area contributed by atoms with Crippen LogP contribution < -0.4 is 0 Å². The predicted molar refractivity (Wildman–Crippen MR) is 49.1 cm³/mol. The Balaban J connectivity index is 2.15. The van der Waals surface area contributed by atoms with Gasteiger partial charge in [0.05, 0.1) is 6.10 Å². The molecular weight excluding hydrogens is 175 g/mol. The van der Waals surface area contributed by atoms with E-state index in [1.807, 2.05) is 6.92 Å². The normalized spacial score (nSPS) is 20.5. The number of nitrogens with zero attached hydrogens (tertiary/aromatic N) is 1. The number of hydrogen-bond acceptors (Lipinski definition) is 2. The molecule has 0 aromatic rings. The van der Waals surface area contributed by atoms with E-state index in [2.05, 4.69) is 0 Å². The average molecular weight is 191 g/mol. The van der Waals surface area contributed by atoms with Crippen LogP contribution in [-0.4, -0.2) is 44.4 Å². The van der Waals surface area contributed by atoms with Crippen LogP contribution >= 0.6 is 0 Å². The molecule has 0 amide bonds. The lowest BCUT2D eigenvalue weighted by atomic mass is 9.96. The first-order chi connectivity index (χ1) is 6.22. The van der Waals surface area contributed by atoms with Gasteiger partial charge < -0.3 is 9.64 Å². The highest BCUT2D eigenvalue weighted by Gasteiger charge is 2.23. The molecule has 0 spiro atoms. The molecular formula is C8H16BF2NO. The summed E-state index contributed by atoms with van der Waals surface area (Å²) in [6.45, 7) is 4.18. The smallest absolute Gasteiger partial charge is 0.378 e. The Morgan fingerprint density at radius 3 is 2.46 bits per heavy atom. The van der Waals surface area contributed by atoms with Crippen molar-refractivity contribution in [2.75, 3.05) is 26.1 Å². The number of hydrogen-bond donors (Lipinski definition) is 0. The van der Waals surface area contributed by atoms with Crippen LogP contribution in [0.25, 0.3) is 0 Å². The van der Waals surface area contributed by atoms with Crippen molar-refractivity contribution in [3.8, 4) is 0 Å². The highest BCUT2D eigenvalue weighted by molar-refractivity contribution is 6.42. The van der Waals surface area contributed by atoms with Crippen LogP contribution in [0.1, 0.15) is 19.8 Å². The maximum absolute atomic E-state index is 12.0. The Bertz CT molecular complexity index is 140. The Labute approximate surface area is 78.4 Å². The average Bonchev–Trinajstić information content (AvgIpc) is 2.08. The molecule has 1 aliphatic heterocycles. The van der Waals surface area contributed by atoms with Crippen LogP contribution in [-0.2, 0) is 4.74 Å². The van der Waals surface area contributed by atoms with E-state index in [0.717, 1.165) is 32.5 Å². The molecule has 1 rings (SSSR count). The predicted octanol–water partition coefficient (Wildman–Crippen LogP) is 1.45. The van der Waals surface area contributed by atoms with Crippen LogP contribution in [0.2, 0.25) is 0 Å². The molecule has 0 atom stereocenters. The molecule has 13 heavy (non-hydrogen) atoms. The number of rotatable bonds is 4. The van der Waals surface area contributed by atoms with Crippen LogP contribution in [0.15, 0.2) is 0 Å². The minimum absolute atomic E-state index is 0.0845. The quantitative estimate of drug-likeness (QED) is 0.623. The van der Waals surface area contributed by atoms with Crippen LogP contribution in [0, 0.1) is 0 Å². The molecule has 2 nitrogen and oxygen atoms in total. The summed E-state index contributed by atoms with van der Waals surface area (Å²) in [6.07, 6.45) is 1.99. The summed E-state index contributed by atoms with van der Waals surface area (Å²) in [7, 11) is -2.20. The first-order valence-corrected chi connectivity index (χ1v) is 4.84. The van der Waals surface area contributed by atoms with Crippen LogP contribution in [0.4, 0.5) is 8.63 Å². The molecule has 0 unspecified atom stereocenters. The van der Waals surface area contributed by atoms with Gasteiger partial charge in [-0.25, -0.2) is 0 Å². The van der Waals surface area contributed by atoms with Gasteiger partial charge in [-0.2, -0.15) is 0 Å². The maximum Gasteiger partial charge on any atom is 0.551 e. The number of ether oxygens (including phenoxy) is 1. The maximum atomic E-state index is 12.0. The molecule has 0 radical (unpaired) electrons. The van der Waals surface area contributed by atoms with E-state index in [-0.39, 0.29) is 6.44 Å². The third-order valence-electron chi connectivity index (χ3n) is 2.33. The van der Waals surface area contributed by atoms with Crippen molar-refractivity contribution in [2.45, 2.75) is 25.9 Å². The lowest BCUT2D eigenvalue weighted by molar-refractivity contribution is 0.0172. The van der Waals surface area contributed by atoms with E-state index in [4.69, 9.17) is 4.74 Å². The molecule has 0 aromatic carbocycles. The lowest BCUT2D eigenvalue weighted by Gasteiger charge is -2.30. The largest absolute Gasteiger partial charge is 0.551 e. The molecule has 1 saturated heterocycles. The first kappa shape index (κ1) is 10.9. The topological polar surface area (TPSA) is 12.5 Å². The summed E-state index contributed by atoms with van der Waals surface area (Å²) in [6, 6.07) is 0. The van der Waals surface area contributed by atoms with Gasteiger partial charge in [-0.05, 0) is 19.8 Å². The molecule has 1 fully saturated rings. The summed E-state index contributed by atoms with van der Waals surface area (Å²) in [5.41, 5.74) is 0. The van der Waals surface area contributed by atoms with Crippen molar-refractivity contribution < 1.29 is 13.4 Å². The van der Waals surface area contributed by atoms with Crippen molar-refractivity contribution in [1.29, 1.82) is 0 Å². The minimum Gasteiger partial charge on any atom is -0.378 e. The van der Waals surface area contributed by atoms with Gasteiger partial charge in [0, 0.05) is 26.1 Å². The third-order valence-corrected chi connectivity index (χ3v) is 2.33. The van der Waals surface area contributed by atoms with Crippen molar-refractivity contribution in [3.63, 3.8) is 0 Å². The molecule has 0 N–H and O–H groups in total. The lowest BCUT2D eigenvalue weighted by Crippen LogP contribution is -2.40. The molecule has 76 valence electrons. The Kier molecular flexibility index (Phi) is 4.66. The van der Waals surface area contributed by atoms with E-state index < -0.39 is 7.27 Å². The van der Waals surface area contributed by atoms with Gasteiger partial charge in [0.15, 0.2) is 0 Å². The Morgan fingerprint density at radius 1 is 1.38 bits per heavy atom. The van der Waals surface area contributed by atoms with E-state index in [0.29, 0.717) is 6.10 Å². The zero-order valence-electron chi connectivity index (χ0n) is 8.01. The molecule has 1 aliphatic rings. The zero-order chi connectivity index (χ0) is 9.68. The number of likely N-dealkylation sites (tertiary alicyclic amines) is 1. The summed E-state index contributed by atoms with van der Waals surface area (Å²) in [4.78, 5) is 1.81. The second-order valence-corrected chi connectivity index (χ2v) is 3.35. The Hall–Kier alpha value is -0.155. The fourth-order valence-corrected chi connectivity index (χ4v) is 1.69. The van der Waals surface area contributed by atoms with E-state index in [9.17, 15) is 8.63 Å². The minimum atomic E-state index is -2.20. The van der Waals surface area contributed by atoms with E-state index in [1.54, 1.807) is 4.90 Å². The van der Waals surface area contributed by atoms with Crippen LogP contribution in [0.3, 0.4) is 0 Å². The van der Waals surface area contributed by atoms with Crippen molar-refractivity contribution in [2.24, 2.45) is 0 Å². The molecule has 0 saturated carbocycles. The highest BCUT2D eigenvalue weighted by atomic mass is 19.2. The van der Waals surface area contributed by atoms with Crippen molar-refractivity contribution >= 4 is 7.27 Å². The van der Waals surface area contributed by atoms with Gasteiger partial charge in [-0.15, -0.1) is 0 Å². The van der Waals surface area contributed by atoms with Crippen molar-refractivity contribution in [1.82, 2.24) is 4.90 Å². The molecule has 0 aliphatic carbocycles. The van der Waals surface area contributed by atoms with Gasteiger partial charge in [0.1, 0.15) is 0 Å². The van der Waals surface area contributed by atoms with Gasteiger partial charge in [0.25, 0.3) is 0 Å². The fraction of sp³-hybridized carbons (Fsp3) is 1.00. The van der Waals surface area contributed by atoms with Gasteiger partial charge >= 0.3 is 7.27 Å². The highest BCUT2D eigenvalue weighted by Crippen LogP contribution is 2.13. The fourth-order valence-electron chi connectivity index (χ4n) is 1.69. The van der Waals surface area contributed by atoms with Gasteiger partial charge in [0.2, 0.25) is 0 Å². The van der Waals surface area contributed by atoms with Crippen molar-refractivity contribution in [3.05, 3.63) is 0 Å². The molecule has 1 heterocycles. The van der Waals surface area contributed by atoms with E-state index in [1.165, 1.54) is 0 Å². The summed E-state index contributed by atoms with van der Waals surface area (Å²) in [5, 5.41) is 0. The van der Waals surface area contributed by atoms with Gasteiger partial charge in [-0.1, -0.05) is 0 Å². The first-order valence-electron chi connectivity index (χ1n) is 4.84. The second-order valence-electron chi connectivity index (χ2n) is 3.35.